The van der Waals surface area contributed by atoms with Crippen molar-refractivity contribution in [2.75, 3.05) is 0 Å². The van der Waals surface area contributed by atoms with Gasteiger partial charge in [0.2, 0.25) is 0 Å². The van der Waals surface area contributed by atoms with Gasteiger partial charge in [0.25, 0.3) is 5.56 Å². The zero-order chi connectivity index (χ0) is 21.4. The molecule has 0 spiro atoms. The Morgan fingerprint density at radius 3 is 2.39 bits per heavy atom. The Morgan fingerprint density at radius 2 is 1.89 bits per heavy atom. The Bertz CT molecular complexity index is 1120. The summed E-state index contributed by atoms with van der Waals surface area (Å²) >= 11 is 0.651. The molecule has 1 heterocycles. The number of alkyl halides is 3. The minimum Gasteiger partial charge on any atom is -0.480 e. The van der Waals surface area contributed by atoms with E-state index in [-0.39, 0.29) is 25.7 Å². The molecule has 7 nitrogen and oxygen atoms in total. The second-order valence-corrected chi connectivity index (χ2v) is 6.94. The molecule has 148 valence electrons. The monoisotopic (exact) mass is 417 g/mol. The molecule has 0 amide bonds. The summed E-state index contributed by atoms with van der Waals surface area (Å²) in [5.74, 6) is -2.44. The highest BCUT2D eigenvalue weighted by molar-refractivity contribution is 8.00. The van der Waals surface area contributed by atoms with Gasteiger partial charge in [-0.3, -0.25) is 14.2 Å². The van der Waals surface area contributed by atoms with E-state index in [1.54, 1.807) is 6.07 Å². The molecule has 12 heteroatoms. The Kier molecular flexibility index (Phi) is 5.70. The number of nitrogens with zero attached hydrogens (tertiary/aromatic N) is 3. The van der Waals surface area contributed by atoms with E-state index >= 15 is 0 Å². The van der Waals surface area contributed by atoms with Gasteiger partial charge in [0.05, 0.1) is 11.3 Å². The largest absolute Gasteiger partial charge is 0.480 e. The van der Waals surface area contributed by atoms with Crippen LogP contribution in [0.2, 0.25) is 0 Å². The Labute approximate surface area is 158 Å². The van der Waals surface area contributed by atoms with Crippen LogP contribution in [-0.2, 0) is 18.0 Å². The van der Waals surface area contributed by atoms with Crippen molar-refractivity contribution in [2.24, 2.45) is 7.05 Å². The van der Waals surface area contributed by atoms with Crippen molar-refractivity contribution >= 4 is 17.7 Å². The molecule has 0 aliphatic carbocycles. The first-order valence-electron chi connectivity index (χ1n) is 7.42. The molecule has 1 aromatic heterocycles. The van der Waals surface area contributed by atoms with Crippen LogP contribution in [0.15, 0.2) is 32.7 Å². The molecule has 1 atom stereocenters. The Morgan fingerprint density at radius 1 is 1.29 bits per heavy atom. The van der Waals surface area contributed by atoms with Gasteiger partial charge >= 0.3 is 17.8 Å². The lowest BCUT2D eigenvalue weighted by molar-refractivity contribution is -0.144. The molecule has 0 saturated heterocycles. The third kappa shape index (κ3) is 3.94. The van der Waals surface area contributed by atoms with Crippen LogP contribution in [0.3, 0.4) is 0 Å². The number of thioether (sulfide) groups is 1. The normalized spacial score (nSPS) is 12.5. The molecule has 0 bridgehead atoms. The number of rotatable bonds is 4. The average Bonchev–Trinajstić information content (AvgIpc) is 2.59. The third-order valence-corrected chi connectivity index (χ3v) is 4.82. The van der Waals surface area contributed by atoms with Gasteiger partial charge in [-0.2, -0.15) is 18.4 Å². The smallest absolute Gasteiger partial charge is 0.431 e. The van der Waals surface area contributed by atoms with Crippen LogP contribution in [0.25, 0.3) is 5.69 Å². The van der Waals surface area contributed by atoms with Gasteiger partial charge in [-0.05, 0) is 19.1 Å². The van der Waals surface area contributed by atoms with E-state index in [1.807, 2.05) is 0 Å². The predicted octanol–water partition coefficient (Wildman–Crippen LogP) is 2.13. The number of aliphatic carboxylic acids is 1. The fraction of sp³-hybridized carbons (Fsp3) is 0.250. The van der Waals surface area contributed by atoms with E-state index < -0.39 is 45.8 Å². The Hall–Kier alpha value is -3.07. The topological polar surface area (TPSA) is 105 Å². The first kappa shape index (κ1) is 21.2. The molecular formula is C16H11F4N3O4S. The zero-order valence-electron chi connectivity index (χ0n) is 14.2. The highest BCUT2D eigenvalue weighted by Gasteiger charge is 2.35. The van der Waals surface area contributed by atoms with Crippen LogP contribution in [0.5, 0.6) is 0 Å². The van der Waals surface area contributed by atoms with Crippen LogP contribution in [0, 0.1) is 17.1 Å². The fourth-order valence-corrected chi connectivity index (χ4v) is 3.15. The second-order valence-electron chi connectivity index (χ2n) is 5.55. The van der Waals surface area contributed by atoms with Gasteiger partial charge in [-0.15, -0.1) is 11.8 Å². The minimum atomic E-state index is -4.98. The molecule has 0 aliphatic heterocycles. The van der Waals surface area contributed by atoms with Crippen molar-refractivity contribution in [3.05, 3.63) is 56.1 Å². The van der Waals surface area contributed by atoms with Crippen molar-refractivity contribution in [1.82, 2.24) is 9.13 Å². The van der Waals surface area contributed by atoms with Crippen LogP contribution in [-0.4, -0.2) is 25.5 Å². The average molecular weight is 417 g/mol. The standard InChI is InChI=1S/C16H11F4N3O4S/c1-7(14(25)26)28-11-4-10(9(17)3-8(11)6-21)23-13(24)5-12(16(18,19)20)22(2)15(23)27/h3-5,7H,1-2H3,(H,25,26). The molecule has 1 aromatic carbocycles. The lowest BCUT2D eigenvalue weighted by Crippen LogP contribution is -2.41. The summed E-state index contributed by atoms with van der Waals surface area (Å²) in [5, 5.41) is 17.0. The highest BCUT2D eigenvalue weighted by atomic mass is 32.2. The molecule has 0 radical (unpaired) electrons. The molecule has 1 N–H and O–H groups in total. The van der Waals surface area contributed by atoms with Crippen LogP contribution >= 0.6 is 11.8 Å². The number of carbonyl (C=O) groups is 1. The lowest BCUT2D eigenvalue weighted by atomic mass is 10.2. The Balaban J connectivity index is 2.78. The number of carboxylic acids is 1. The third-order valence-electron chi connectivity index (χ3n) is 3.67. The number of carboxylic acid groups (broad SMARTS) is 1. The van der Waals surface area contributed by atoms with E-state index in [0.717, 1.165) is 13.1 Å². The SMILES string of the molecule is CC(Sc1cc(-n2c(=O)cc(C(F)(F)F)n(C)c2=O)c(F)cc1C#N)C(=O)O. The maximum absolute atomic E-state index is 14.4. The molecule has 1 unspecified atom stereocenters. The summed E-state index contributed by atoms with van der Waals surface area (Å²) in [6.07, 6.45) is -4.98. The van der Waals surface area contributed by atoms with Crippen molar-refractivity contribution in [2.45, 2.75) is 23.2 Å². The molecule has 0 saturated carbocycles. The van der Waals surface area contributed by atoms with E-state index in [4.69, 9.17) is 10.4 Å². The summed E-state index contributed by atoms with van der Waals surface area (Å²) in [4.78, 5) is 35.4. The lowest BCUT2D eigenvalue weighted by Gasteiger charge is -2.15. The molecule has 2 rings (SSSR count). The van der Waals surface area contributed by atoms with Crippen molar-refractivity contribution in [1.29, 1.82) is 5.26 Å². The van der Waals surface area contributed by atoms with Crippen molar-refractivity contribution in [3.63, 3.8) is 0 Å². The quantitative estimate of drug-likeness (QED) is 0.604. The molecule has 0 aliphatic rings. The summed E-state index contributed by atoms with van der Waals surface area (Å²) in [7, 11) is 0.769. The van der Waals surface area contributed by atoms with Gasteiger partial charge in [-0.1, -0.05) is 0 Å². The number of aromatic nitrogens is 2. The maximum atomic E-state index is 14.4. The van der Waals surface area contributed by atoms with E-state index in [0.29, 0.717) is 17.8 Å². The minimum absolute atomic E-state index is 0.0531. The first-order valence-corrected chi connectivity index (χ1v) is 8.30. The van der Waals surface area contributed by atoms with Gasteiger partial charge in [-0.25, -0.2) is 13.8 Å². The van der Waals surface area contributed by atoms with Crippen molar-refractivity contribution in [3.8, 4) is 11.8 Å². The summed E-state index contributed by atoms with van der Waals surface area (Å²) < 4.78 is 53.5. The van der Waals surface area contributed by atoms with Gasteiger partial charge in [0.15, 0.2) is 0 Å². The predicted molar refractivity (Wildman–Crippen MR) is 89.9 cm³/mol. The van der Waals surface area contributed by atoms with E-state index in [9.17, 15) is 31.9 Å². The number of nitriles is 1. The second kappa shape index (κ2) is 7.51. The summed E-state index contributed by atoms with van der Waals surface area (Å²) in [6.45, 7) is 1.29. The molecular weight excluding hydrogens is 406 g/mol. The summed E-state index contributed by atoms with van der Waals surface area (Å²) in [6, 6.07) is 3.36. The number of hydrogen-bond acceptors (Lipinski definition) is 5. The summed E-state index contributed by atoms with van der Waals surface area (Å²) in [5.41, 5.74) is -5.34. The maximum Gasteiger partial charge on any atom is 0.431 e. The highest BCUT2D eigenvalue weighted by Crippen LogP contribution is 2.30. The van der Waals surface area contributed by atoms with Crippen LogP contribution in [0.4, 0.5) is 17.6 Å². The van der Waals surface area contributed by atoms with Crippen LogP contribution < -0.4 is 11.2 Å². The zero-order valence-corrected chi connectivity index (χ0v) is 15.1. The van der Waals surface area contributed by atoms with Gasteiger partial charge < -0.3 is 5.11 Å². The van der Waals surface area contributed by atoms with Gasteiger partial charge in [0, 0.05) is 18.0 Å². The number of benzene rings is 1. The molecule has 28 heavy (non-hydrogen) atoms. The van der Waals surface area contributed by atoms with Gasteiger partial charge in [0.1, 0.15) is 22.8 Å². The van der Waals surface area contributed by atoms with Crippen LogP contribution in [0.1, 0.15) is 18.2 Å². The van der Waals surface area contributed by atoms with Crippen molar-refractivity contribution < 1.29 is 27.5 Å². The first-order chi connectivity index (χ1) is 12.9. The fourth-order valence-electron chi connectivity index (χ4n) is 2.26. The molecule has 0 fully saturated rings. The van der Waals surface area contributed by atoms with E-state index in [1.165, 1.54) is 6.92 Å². The number of hydrogen-bond donors (Lipinski definition) is 1. The number of halogens is 4. The van der Waals surface area contributed by atoms with E-state index in [2.05, 4.69) is 0 Å². The molecule has 2 aromatic rings.